The second-order valence-corrected chi connectivity index (χ2v) is 5.58. The third-order valence-corrected chi connectivity index (χ3v) is 3.90. The van der Waals surface area contributed by atoms with Crippen molar-refractivity contribution in [2.45, 2.75) is 45.6 Å². The molecule has 17 heavy (non-hydrogen) atoms. The normalized spacial score (nSPS) is 28.5. The van der Waals surface area contributed by atoms with Crippen molar-refractivity contribution in [1.29, 1.82) is 0 Å². The fourth-order valence-corrected chi connectivity index (χ4v) is 3.05. The summed E-state index contributed by atoms with van der Waals surface area (Å²) in [4.78, 5) is 0. The van der Waals surface area contributed by atoms with Crippen molar-refractivity contribution < 1.29 is 4.39 Å². The molecular formula is C15H22FN. The maximum Gasteiger partial charge on any atom is 0.126 e. The number of nitrogens with one attached hydrogen (secondary N) is 1. The van der Waals surface area contributed by atoms with Gasteiger partial charge in [0.15, 0.2) is 0 Å². The molecule has 2 rings (SSSR count). The van der Waals surface area contributed by atoms with Gasteiger partial charge in [-0.1, -0.05) is 32.0 Å². The number of hydrogen-bond acceptors (Lipinski definition) is 1. The molecule has 94 valence electrons. The molecule has 2 unspecified atom stereocenters. The van der Waals surface area contributed by atoms with Gasteiger partial charge in [0.1, 0.15) is 5.82 Å². The zero-order valence-electron chi connectivity index (χ0n) is 10.8. The molecule has 1 fully saturated rings. The van der Waals surface area contributed by atoms with Crippen LogP contribution < -0.4 is 5.32 Å². The lowest BCUT2D eigenvalue weighted by Gasteiger charge is -2.24. The Morgan fingerprint density at radius 2 is 2.18 bits per heavy atom. The monoisotopic (exact) mass is 235 g/mol. The van der Waals surface area contributed by atoms with Crippen molar-refractivity contribution in [2.24, 2.45) is 5.41 Å². The molecule has 1 aromatic carbocycles. The molecule has 0 radical (unpaired) electrons. The van der Waals surface area contributed by atoms with Gasteiger partial charge in [-0.25, -0.2) is 4.39 Å². The molecule has 2 heteroatoms. The first-order valence-electron chi connectivity index (χ1n) is 6.60. The Bertz CT molecular complexity index is 377. The smallest absolute Gasteiger partial charge is 0.126 e. The van der Waals surface area contributed by atoms with E-state index in [1.807, 2.05) is 12.1 Å². The Labute approximate surface area is 103 Å². The van der Waals surface area contributed by atoms with E-state index in [0.29, 0.717) is 6.04 Å². The maximum absolute atomic E-state index is 13.6. The summed E-state index contributed by atoms with van der Waals surface area (Å²) in [6, 6.07) is 7.79. The van der Waals surface area contributed by atoms with Gasteiger partial charge in [-0.05, 0) is 49.3 Å². The quantitative estimate of drug-likeness (QED) is 0.841. The van der Waals surface area contributed by atoms with Gasteiger partial charge in [0.2, 0.25) is 0 Å². The van der Waals surface area contributed by atoms with Gasteiger partial charge < -0.3 is 5.32 Å². The Morgan fingerprint density at radius 3 is 2.88 bits per heavy atom. The van der Waals surface area contributed by atoms with Gasteiger partial charge in [-0.15, -0.1) is 0 Å². The van der Waals surface area contributed by atoms with Crippen molar-refractivity contribution in [3.63, 3.8) is 0 Å². The van der Waals surface area contributed by atoms with E-state index < -0.39 is 0 Å². The lowest BCUT2D eigenvalue weighted by molar-refractivity contribution is 0.318. The lowest BCUT2D eigenvalue weighted by atomic mass is 9.82. The van der Waals surface area contributed by atoms with Gasteiger partial charge >= 0.3 is 0 Å². The Morgan fingerprint density at radius 1 is 1.41 bits per heavy atom. The van der Waals surface area contributed by atoms with Gasteiger partial charge in [-0.2, -0.15) is 0 Å². The second kappa shape index (κ2) is 5.18. The molecule has 1 aliphatic rings. The van der Waals surface area contributed by atoms with Crippen molar-refractivity contribution in [3.05, 3.63) is 35.6 Å². The maximum atomic E-state index is 13.6. The molecule has 0 heterocycles. The molecule has 1 aromatic rings. The van der Waals surface area contributed by atoms with E-state index in [0.717, 1.165) is 24.9 Å². The van der Waals surface area contributed by atoms with Crippen LogP contribution in [-0.4, -0.2) is 12.6 Å². The van der Waals surface area contributed by atoms with Crippen molar-refractivity contribution in [1.82, 2.24) is 5.32 Å². The summed E-state index contributed by atoms with van der Waals surface area (Å²) in [5, 5.41) is 3.51. The largest absolute Gasteiger partial charge is 0.314 e. The van der Waals surface area contributed by atoms with Gasteiger partial charge in [0, 0.05) is 6.04 Å². The predicted molar refractivity (Wildman–Crippen MR) is 69.5 cm³/mol. The molecule has 0 spiro atoms. The van der Waals surface area contributed by atoms with Crippen LogP contribution in [0.4, 0.5) is 4.39 Å². The van der Waals surface area contributed by atoms with Crippen LogP contribution >= 0.6 is 0 Å². The molecule has 0 bridgehead atoms. The fraction of sp³-hybridized carbons (Fsp3) is 0.600. The molecule has 0 amide bonds. The molecule has 1 N–H and O–H groups in total. The molecule has 1 saturated carbocycles. The van der Waals surface area contributed by atoms with Crippen molar-refractivity contribution >= 4 is 0 Å². The number of rotatable bonds is 4. The Hall–Kier alpha value is -0.890. The zero-order chi connectivity index (χ0) is 12.3. The molecule has 2 atom stereocenters. The summed E-state index contributed by atoms with van der Waals surface area (Å²) in [5.74, 6) is -0.0550. The first-order chi connectivity index (χ1) is 8.13. The summed E-state index contributed by atoms with van der Waals surface area (Å²) in [7, 11) is 0. The summed E-state index contributed by atoms with van der Waals surface area (Å²) in [6.07, 6.45) is 4.44. The highest BCUT2D eigenvalue weighted by atomic mass is 19.1. The third kappa shape index (κ3) is 3.06. The molecule has 0 aromatic heterocycles. The summed E-state index contributed by atoms with van der Waals surface area (Å²) in [6.45, 7) is 5.46. The van der Waals surface area contributed by atoms with E-state index in [4.69, 9.17) is 0 Å². The van der Waals surface area contributed by atoms with Crippen LogP contribution in [0.5, 0.6) is 0 Å². The first-order valence-corrected chi connectivity index (χ1v) is 6.60. The van der Waals surface area contributed by atoms with E-state index in [1.54, 1.807) is 12.1 Å². The van der Waals surface area contributed by atoms with Gasteiger partial charge in [-0.3, -0.25) is 0 Å². The van der Waals surface area contributed by atoms with E-state index >= 15 is 0 Å². The molecule has 1 nitrogen and oxygen atoms in total. The molecular weight excluding hydrogens is 213 g/mol. The highest BCUT2D eigenvalue weighted by Gasteiger charge is 2.35. The predicted octanol–water partition coefficient (Wildman–Crippen LogP) is 3.54. The summed E-state index contributed by atoms with van der Waals surface area (Å²) in [5.41, 5.74) is 1.13. The standard InChI is InChI=1S/C15H22FN/c1-3-17-13-8-9-15(2,11-13)10-12-6-4-5-7-14(12)16/h4-7,13,17H,3,8-11H2,1-2H3. The van der Waals surface area contributed by atoms with Crippen molar-refractivity contribution in [3.8, 4) is 0 Å². The first kappa shape index (κ1) is 12.6. The van der Waals surface area contributed by atoms with Crippen LogP contribution in [-0.2, 0) is 6.42 Å². The summed E-state index contributed by atoms with van der Waals surface area (Å²) < 4.78 is 13.6. The van der Waals surface area contributed by atoms with Crippen LogP contribution in [0.2, 0.25) is 0 Å². The highest BCUT2D eigenvalue weighted by molar-refractivity contribution is 5.19. The molecule has 1 aliphatic carbocycles. The van der Waals surface area contributed by atoms with Crippen LogP contribution in [0.1, 0.15) is 38.7 Å². The number of benzene rings is 1. The minimum absolute atomic E-state index is 0.0550. The Balaban J connectivity index is 2.02. The average molecular weight is 235 g/mol. The van der Waals surface area contributed by atoms with E-state index in [1.165, 1.54) is 12.8 Å². The molecule has 0 saturated heterocycles. The minimum Gasteiger partial charge on any atom is -0.314 e. The highest BCUT2D eigenvalue weighted by Crippen LogP contribution is 2.40. The van der Waals surface area contributed by atoms with Gasteiger partial charge in [0.25, 0.3) is 0 Å². The minimum atomic E-state index is -0.0550. The number of halogens is 1. The fourth-order valence-electron chi connectivity index (χ4n) is 3.05. The number of hydrogen-bond donors (Lipinski definition) is 1. The van der Waals surface area contributed by atoms with Crippen LogP contribution in [0.25, 0.3) is 0 Å². The van der Waals surface area contributed by atoms with Crippen molar-refractivity contribution in [2.75, 3.05) is 6.54 Å². The topological polar surface area (TPSA) is 12.0 Å². The van der Waals surface area contributed by atoms with Crippen LogP contribution in [0.3, 0.4) is 0 Å². The van der Waals surface area contributed by atoms with E-state index in [9.17, 15) is 4.39 Å². The zero-order valence-corrected chi connectivity index (χ0v) is 10.8. The van der Waals surface area contributed by atoms with Crippen LogP contribution in [0, 0.1) is 11.2 Å². The summed E-state index contributed by atoms with van der Waals surface area (Å²) >= 11 is 0. The third-order valence-electron chi connectivity index (χ3n) is 3.90. The van der Waals surface area contributed by atoms with Gasteiger partial charge in [0.05, 0.1) is 0 Å². The Kier molecular flexibility index (Phi) is 3.82. The van der Waals surface area contributed by atoms with Crippen LogP contribution in [0.15, 0.2) is 24.3 Å². The average Bonchev–Trinajstić information content (AvgIpc) is 2.64. The SMILES string of the molecule is CCNC1CCC(C)(Cc2ccccc2F)C1. The lowest BCUT2D eigenvalue weighted by Crippen LogP contribution is -2.28. The van der Waals surface area contributed by atoms with E-state index in [2.05, 4.69) is 19.2 Å². The van der Waals surface area contributed by atoms with E-state index in [-0.39, 0.29) is 11.2 Å². The molecule has 0 aliphatic heterocycles. The second-order valence-electron chi connectivity index (χ2n) is 5.58.